The summed E-state index contributed by atoms with van der Waals surface area (Å²) < 4.78 is 33.4. The van der Waals surface area contributed by atoms with Crippen molar-refractivity contribution in [2.75, 3.05) is 53.3 Å². The van der Waals surface area contributed by atoms with E-state index in [2.05, 4.69) is 10.6 Å². The van der Waals surface area contributed by atoms with Crippen molar-refractivity contribution in [1.82, 2.24) is 9.97 Å². The lowest BCUT2D eigenvalue weighted by Gasteiger charge is -2.15. The molecule has 0 fully saturated rings. The number of nitrogens with one attached hydrogen (secondary N) is 2. The van der Waals surface area contributed by atoms with Gasteiger partial charge in [0.25, 0.3) is 11.8 Å². The maximum atomic E-state index is 13.2. The van der Waals surface area contributed by atoms with Crippen LogP contribution in [0.5, 0.6) is 34.5 Å². The molecule has 3 aromatic carbocycles. The zero-order chi connectivity index (χ0) is 33.7. The highest BCUT2D eigenvalue weighted by molar-refractivity contribution is 6.36. The monoisotopic (exact) mass is 646 g/mol. The van der Waals surface area contributed by atoms with E-state index in [4.69, 9.17) is 38.4 Å². The van der Waals surface area contributed by atoms with Crippen molar-refractivity contribution in [2.24, 2.45) is 0 Å². The predicted molar refractivity (Wildman–Crippen MR) is 182 cm³/mol. The molecule has 0 unspecified atom stereocenters. The first-order valence-corrected chi connectivity index (χ1v) is 14.8. The number of fused-ring (bicyclic) bond motifs is 5. The third kappa shape index (κ3) is 4.68. The molecule has 4 heterocycles. The van der Waals surface area contributed by atoms with Crippen molar-refractivity contribution in [3.63, 3.8) is 0 Å². The number of carbonyl (C=O) groups excluding carboxylic acids is 2. The third-order valence-electron chi connectivity index (χ3n) is 8.33. The van der Waals surface area contributed by atoms with Crippen LogP contribution in [0.2, 0.25) is 0 Å². The van der Waals surface area contributed by atoms with Crippen LogP contribution >= 0.6 is 0 Å². The molecule has 242 valence electrons. The molecule has 7 rings (SSSR count). The number of nitrogens with zero attached hydrogens (tertiary/aromatic N) is 2. The minimum Gasteiger partial charge on any atom is -0.493 e. The standard InChI is InChI=1S/C36H30N4O8/c1-43-25-15-23-27(33(47-5)31(25)45-3)21(35(41)39-23)13-19-11-9-17-7-8-18-10-12-20(38-30(18)29(17)37-19)14-22-28-24(40-36(22)42)16-26(44-2)32(46-4)34(28)48-6/h7-16H,1-6H3,(H,39,41)(H,40,42)/b21-13+,22-14+. The average molecular weight is 647 g/mol. The Balaban J connectivity index is 1.36. The Kier molecular flexibility index (Phi) is 7.47. The van der Waals surface area contributed by atoms with Gasteiger partial charge in [0.05, 0.1) is 98.7 Å². The SMILES string of the molecule is COc1cc2c(c(OC)c1OC)/C(=C\c1ccc3ccc4ccc(/C=C5/C(=O)Nc6cc(OC)c(OC)c(OC)c65)nc4c3n1)C(=O)N2. The summed E-state index contributed by atoms with van der Waals surface area (Å²) in [6.07, 6.45) is 3.40. The summed E-state index contributed by atoms with van der Waals surface area (Å²) in [4.78, 5) is 36.3. The van der Waals surface area contributed by atoms with Gasteiger partial charge in [0.1, 0.15) is 0 Å². The van der Waals surface area contributed by atoms with Crippen LogP contribution in [-0.4, -0.2) is 64.4 Å². The fourth-order valence-corrected chi connectivity index (χ4v) is 6.18. The number of amides is 2. The number of benzene rings is 3. The number of ether oxygens (including phenoxy) is 6. The molecule has 0 bridgehead atoms. The summed E-state index contributed by atoms with van der Waals surface area (Å²) >= 11 is 0. The van der Waals surface area contributed by atoms with Gasteiger partial charge >= 0.3 is 0 Å². The molecule has 2 aromatic heterocycles. The van der Waals surface area contributed by atoms with Crippen LogP contribution in [0.15, 0.2) is 48.5 Å². The second kappa shape index (κ2) is 11.8. The Bertz CT molecular complexity index is 2100. The number of methoxy groups -OCH3 is 6. The van der Waals surface area contributed by atoms with Gasteiger partial charge in [-0.1, -0.05) is 24.3 Å². The molecule has 12 nitrogen and oxygen atoms in total. The minimum absolute atomic E-state index is 0.315. The maximum Gasteiger partial charge on any atom is 0.256 e. The Labute approximate surface area is 274 Å². The summed E-state index contributed by atoms with van der Waals surface area (Å²) in [6, 6.07) is 14.8. The molecule has 48 heavy (non-hydrogen) atoms. The van der Waals surface area contributed by atoms with E-state index in [9.17, 15) is 9.59 Å². The van der Waals surface area contributed by atoms with Crippen molar-refractivity contribution < 1.29 is 38.0 Å². The van der Waals surface area contributed by atoms with Gasteiger partial charge in [-0.05, 0) is 24.3 Å². The van der Waals surface area contributed by atoms with Crippen molar-refractivity contribution in [2.45, 2.75) is 0 Å². The summed E-state index contributed by atoms with van der Waals surface area (Å²) in [5.74, 6) is 1.71. The van der Waals surface area contributed by atoms with Crippen LogP contribution in [-0.2, 0) is 9.59 Å². The molecule has 0 saturated heterocycles. The molecule has 0 spiro atoms. The van der Waals surface area contributed by atoms with Gasteiger partial charge < -0.3 is 39.1 Å². The maximum absolute atomic E-state index is 13.2. The topological polar surface area (TPSA) is 139 Å². The van der Waals surface area contributed by atoms with E-state index in [1.807, 2.05) is 36.4 Å². The second-order valence-corrected chi connectivity index (χ2v) is 10.8. The number of hydrogen-bond acceptors (Lipinski definition) is 10. The largest absolute Gasteiger partial charge is 0.493 e. The summed E-state index contributed by atoms with van der Waals surface area (Å²) in [5, 5.41) is 7.47. The van der Waals surface area contributed by atoms with E-state index < -0.39 is 0 Å². The third-order valence-corrected chi connectivity index (χ3v) is 8.33. The minimum atomic E-state index is -0.315. The van der Waals surface area contributed by atoms with Crippen LogP contribution in [0.3, 0.4) is 0 Å². The predicted octanol–water partition coefficient (Wildman–Crippen LogP) is 5.82. The molecule has 0 saturated carbocycles. The fraction of sp³-hybridized carbons (Fsp3) is 0.167. The highest BCUT2D eigenvalue weighted by Crippen LogP contribution is 2.51. The highest BCUT2D eigenvalue weighted by atomic mass is 16.5. The molecular weight excluding hydrogens is 616 g/mol. The van der Waals surface area contributed by atoms with Gasteiger partial charge in [-0.3, -0.25) is 9.59 Å². The number of rotatable bonds is 8. The molecule has 2 N–H and O–H groups in total. The van der Waals surface area contributed by atoms with Crippen LogP contribution in [0.1, 0.15) is 22.5 Å². The Morgan fingerprint density at radius 3 is 1.25 bits per heavy atom. The van der Waals surface area contributed by atoms with Crippen LogP contribution in [0.4, 0.5) is 11.4 Å². The van der Waals surface area contributed by atoms with Crippen molar-refractivity contribution >= 4 is 68.3 Å². The zero-order valence-electron chi connectivity index (χ0n) is 26.9. The lowest BCUT2D eigenvalue weighted by atomic mass is 10.0. The zero-order valence-corrected chi connectivity index (χ0v) is 26.9. The van der Waals surface area contributed by atoms with Crippen molar-refractivity contribution in [3.05, 3.63) is 71.0 Å². The lowest BCUT2D eigenvalue weighted by Crippen LogP contribution is -2.04. The first-order chi connectivity index (χ1) is 23.3. The Morgan fingerprint density at radius 1 is 0.521 bits per heavy atom. The lowest BCUT2D eigenvalue weighted by molar-refractivity contribution is -0.111. The van der Waals surface area contributed by atoms with Crippen molar-refractivity contribution in [1.29, 1.82) is 0 Å². The fourth-order valence-electron chi connectivity index (χ4n) is 6.18. The molecule has 12 heteroatoms. The van der Waals surface area contributed by atoms with Gasteiger partial charge in [-0.25, -0.2) is 9.97 Å². The number of anilines is 2. The summed E-state index contributed by atoms with van der Waals surface area (Å²) in [5.41, 5.74) is 5.21. The Hall–Kier alpha value is -6.30. The number of carbonyl (C=O) groups is 2. The van der Waals surface area contributed by atoms with E-state index >= 15 is 0 Å². The molecule has 2 amide bonds. The molecular formula is C36H30N4O8. The van der Waals surface area contributed by atoms with Crippen molar-refractivity contribution in [3.8, 4) is 34.5 Å². The normalized spacial score (nSPS) is 15.0. The molecule has 0 atom stereocenters. The highest BCUT2D eigenvalue weighted by Gasteiger charge is 2.34. The van der Waals surface area contributed by atoms with Gasteiger partial charge in [-0.15, -0.1) is 0 Å². The average Bonchev–Trinajstić information content (AvgIpc) is 3.59. The molecule has 0 radical (unpaired) electrons. The number of pyridine rings is 2. The summed E-state index contributed by atoms with van der Waals surface area (Å²) in [7, 11) is 9.07. The smallest absolute Gasteiger partial charge is 0.256 e. The molecule has 0 aliphatic carbocycles. The van der Waals surface area contributed by atoms with E-state index in [1.54, 1.807) is 24.3 Å². The van der Waals surface area contributed by atoms with E-state index in [-0.39, 0.29) is 11.8 Å². The Morgan fingerprint density at radius 2 is 0.896 bits per heavy atom. The van der Waals surface area contributed by atoms with Gasteiger partial charge in [-0.2, -0.15) is 0 Å². The molecule has 2 aliphatic heterocycles. The first-order valence-electron chi connectivity index (χ1n) is 14.8. The van der Waals surface area contributed by atoms with E-state index in [1.165, 1.54) is 42.7 Å². The number of aromatic nitrogens is 2. The molecule has 5 aromatic rings. The number of hydrogen-bond donors (Lipinski definition) is 2. The summed E-state index contributed by atoms with van der Waals surface area (Å²) in [6.45, 7) is 0. The van der Waals surface area contributed by atoms with Gasteiger partial charge in [0, 0.05) is 22.9 Å². The van der Waals surface area contributed by atoms with Gasteiger partial charge in [0.15, 0.2) is 23.0 Å². The van der Waals surface area contributed by atoms with Crippen LogP contribution in [0.25, 0.3) is 45.1 Å². The van der Waals surface area contributed by atoms with Crippen LogP contribution in [0, 0.1) is 0 Å². The second-order valence-electron chi connectivity index (χ2n) is 10.8. The van der Waals surface area contributed by atoms with E-state index in [0.29, 0.717) is 90.6 Å². The van der Waals surface area contributed by atoms with E-state index in [0.717, 1.165) is 10.8 Å². The first kappa shape index (κ1) is 30.4. The quantitative estimate of drug-likeness (QED) is 0.157. The van der Waals surface area contributed by atoms with Crippen LogP contribution < -0.4 is 39.1 Å². The van der Waals surface area contributed by atoms with Gasteiger partial charge in [0.2, 0.25) is 11.5 Å². The molecule has 2 aliphatic rings.